The average molecular weight is 1370 g/mol. The van der Waals surface area contributed by atoms with Crippen LogP contribution in [-0.2, 0) is 65.4 Å². The highest BCUT2D eigenvalue weighted by Crippen LogP contribution is 2.45. The van der Waals surface area contributed by atoms with Crippen molar-refractivity contribution in [3.05, 3.63) is 72.9 Å². The highest BCUT2D eigenvalue weighted by atomic mass is 31.2. The smallest absolute Gasteiger partial charge is 0.462 e. The Morgan fingerprint density at radius 1 is 0.298 bits per heavy atom. The van der Waals surface area contributed by atoms with Crippen molar-refractivity contribution in [2.75, 3.05) is 39.6 Å². The van der Waals surface area contributed by atoms with Crippen LogP contribution in [0.2, 0.25) is 0 Å². The van der Waals surface area contributed by atoms with E-state index in [1.54, 1.807) is 0 Å². The van der Waals surface area contributed by atoms with Crippen molar-refractivity contribution in [2.45, 2.75) is 341 Å². The second-order valence-corrected chi connectivity index (χ2v) is 27.8. The monoisotopic (exact) mass is 1370 g/mol. The minimum Gasteiger partial charge on any atom is -0.462 e. The van der Waals surface area contributed by atoms with Crippen LogP contribution in [0.25, 0.3) is 0 Å². The molecule has 0 bridgehead atoms. The van der Waals surface area contributed by atoms with Crippen molar-refractivity contribution >= 4 is 39.5 Å². The normalized spacial score (nSPS) is 14.4. The molecule has 0 saturated heterocycles. The molecule has 17 nitrogen and oxygen atoms in total. The zero-order valence-electron chi connectivity index (χ0n) is 59.4. The predicted octanol–water partition coefficient (Wildman–Crippen LogP) is 20.9. The second-order valence-electron chi connectivity index (χ2n) is 24.9. The minimum absolute atomic E-state index is 0.0838. The van der Waals surface area contributed by atoms with Crippen LogP contribution in [0.1, 0.15) is 323 Å². The van der Waals surface area contributed by atoms with E-state index in [1.165, 1.54) is 70.6 Å². The quantitative estimate of drug-likeness (QED) is 0.0169. The molecule has 0 radical (unpaired) electrons. The summed E-state index contributed by atoms with van der Waals surface area (Å²) in [6.07, 6.45) is 66.2. The molecule has 0 aliphatic rings. The van der Waals surface area contributed by atoms with E-state index in [0.29, 0.717) is 25.7 Å². The molecule has 0 aromatic heterocycles. The third kappa shape index (κ3) is 67.1. The summed E-state index contributed by atoms with van der Waals surface area (Å²) >= 11 is 0. The van der Waals surface area contributed by atoms with Crippen molar-refractivity contribution in [2.24, 2.45) is 0 Å². The molecule has 0 heterocycles. The predicted molar refractivity (Wildman–Crippen MR) is 381 cm³/mol. The first kappa shape index (κ1) is 90.5. The lowest BCUT2D eigenvalue weighted by atomic mass is 10.1. The zero-order chi connectivity index (χ0) is 69.0. The van der Waals surface area contributed by atoms with Crippen LogP contribution >= 0.6 is 15.6 Å². The summed E-state index contributed by atoms with van der Waals surface area (Å²) in [5, 5.41) is 10.6. The minimum atomic E-state index is -4.97. The fourth-order valence-corrected chi connectivity index (χ4v) is 11.4. The maximum absolute atomic E-state index is 13.0. The molecule has 0 aliphatic heterocycles. The number of aliphatic hydroxyl groups excluding tert-OH is 1. The van der Waals surface area contributed by atoms with E-state index < -0.39 is 97.5 Å². The zero-order valence-corrected chi connectivity index (χ0v) is 61.2. The molecule has 5 atom stereocenters. The number of aliphatic hydroxyl groups is 1. The fourth-order valence-electron chi connectivity index (χ4n) is 9.83. The number of ether oxygens (including phenoxy) is 4. The van der Waals surface area contributed by atoms with E-state index in [1.807, 2.05) is 0 Å². The van der Waals surface area contributed by atoms with Gasteiger partial charge in [0.05, 0.1) is 26.4 Å². The van der Waals surface area contributed by atoms with Gasteiger partial charge >= 0.3 is 39.5 Å². The molecule has 0 rings (SSSR count). The van der Waals surface area contributed by atoms with Gasteiger partial charge in [-0.1, -0.05) is 242 Å². The van der Waals surface area contributed by atoms with E-state index in [0.717, 1.165) is 173 Å². The molecule has 0 amide bonds. The summed E-state index contributed by atoms with van der Waals surface area (Å²) in [5.74, 6) is -2.20. The Kier molecular flexibility index (Phi) is 65.5. The summed E-state index contributed by atoms with van der Waals surface area (Å²) in [4.78, 5) is 72.6. The van der Waals surface area contributed by atoms with Crippen LogP contribution in [0.3, 0.4) is 0 Å². The van der Waals surface area contributed by atoms with Crippen LogP contribution in [0, 0.1) is 0 Å². The molecular formula is C75H134O17P2. The highest BCUT2D eigenvalue weighted by Gasteiger charge is 2.30. The van der Waals surface area contributed by atoms with E-state index in [9.17, 15) is 43.2 Å². The number of hydrogen-bond acceptors (Lipinski definition) is 15. The molecule has 546 valence electrons. The van der Waals surface area contributed by atoms with E-state index in [2.05, 4.69) is 101 Å². The van der Waals surface area contributed by atoms with Gasteiger partial charge in [-0.3, -0.25) is 37.3 Å². The summed E-state index contributed by atoms with van der Waals surface area (Å²) in [6.45, 7) is 4.72. The number of rotatable bonds is 70. The topological polar surface area (TPSA) is 237 Å². The van der Waals surface area contributed by atoms with Gasteiger partial charge in [-0.05, 0) is 128 Å². The third-order valence-electron chi connectivity index (χ3n) is 15.6. The molecule has 0 aromatic rings. The number of hydrogen-bond donors (Lipinski definition) is 3. The highest BCUT2D eigenvalue weighted by molar-refractivity contribution is 7.47. The lowest BCUT2D eigenvalue weighted by Crippen LogP contribution is -2.30. The van der Waals surface area contributed by atoms with Crippen molar-refractivity contribution in [3.63, 3.8) is 0 Å². The number of carbonyl (C=O) groups excluding carboxylic acids is 4. The van der Waals surface area contributed by atoms with Gasteiger partial charge in [0.1, 0.15) is 19.3 Å². The fraction of sp³-hybridized carbons (Fsp3) is 0.787. The van der Waals surface area contributed by atoms with Crippen molar-refractivity contribution in [1.29, 1.82) is 0 Å². The molecule has 94 heavy (non-hydrogen) atoms. The van der Waals surface area contributed by atoms with Crippen LogP contribution in [0.15, 0.2) is 72.9 Å². The number of esters is 4. The maximum Gasteiger partial charge on any atom is 0.472 e. The third-order valence-corrected chi connectivity index (χ3v) is 17.5. The van der Waals surface area contributed by atoms with Gasteiger partial charge in [0.15, 0.2) is 12.2 Å². The number of phosphoric acid groups is 2. The molecule has 0 saturated carbocycles. The van der Waals surface area contributed by atoms with Gasteiger partial charge in [-0.15, -0.1) is 0 Å². The van der Waals surface area contributed by atoms with Crippen LogP contribution in [0.4, 0.5) is 0 Å². The molecule has 0 spiro atoms. The average Bonchev–Trinajstić information content (AvgIpc) is 1.26. The van der Waals surface area contributed by atoms with E-state index >= 15 is 0 Å². The molecule has 5 unspecified atom stereocenters. The summed E-state index contributed by atoms with van der Waals surface area (Å²) in [7, 11) is -9.94. The van der Waals surface area contributed by atoms with Crippen molar-refractivity contribution in [1.82, 2.24) is 0 Å². The lowest BCUT2D eigenvalue weighted by Gasteiger charge is -2.21. The Balaban J connectivity index is 5.30. The van der Waals surface area contributed by atoms with Crippen molar-refractivity contribution < 1.29 is 80.2 Å². The number of allylic oxidation sites excluding steroid dienone is 12. The molecular weight excluding hydrogens is 1230 g/mol. The molecule has 0 fully saturated rings. The Morgan fingerprint density at radius 3 is 0.862 bits per heavy atom. The first-order valence-electron chi connectivity index (χ1n) is 37.2. The van der Waals surface area contributed by atoms with Gasteiger partial charge in [-0.25, -0.2) is 9.13 Å². The molecule has 3 N–H and O–H groups in total. The van der Waals surface area contributed by atoms with Gasteiger partial charge in [0.25, 0.3) is 0 Å². The largest absolute Gasteiger partial charge is 0.472 e. The Hall–Kier alpha value is -3.50. The lowest BCUT2D eigenvalue weighted by molar-refractivity contribution is -0.161. The van der Waals surface area contributed by atoms with Gasteiger partial charge < -0.3 is 33.8 Å². The van der Waals surface area contributed by atoms with E-state index in [-0.39, 0.29) is 25.7 Å². The van der Waals surface area contributed by atoms with Gasteiger partial charge in [-0.2, -0.15) is 0 Å². The number of carbonyl (C=O) groups is 4. The van der Waals surface area contributed by atoms with Crippen LogP contribution < -0.4 is 0 Å². The molecule has 0 aliphatic carbocycles. The number of unbranched alkanes of at least 4 members (excludes halogenated alkanes) is 32. The standard InChI is InChI=1S/C75H134O17P2/c1-5-9-13-17-21-25-29-31-32-33-34-35-36-38-41-44-48-52-56-60-73(78)86-66-71(92-75(80)62-58-54-50-46-42-37-30-26-22-18-14-10-6-2)68-90-94(83,84)88-64-69(76)63-87-93(81,82)89-67-70(91-74(79)61-57-53-49-45-40-28-24-20-16-12-8-4)65-85-72(77)59-55-51-47-43-39-27-23-19-15-11-7-3/h19-21,23-26,30-32,34-35,69-71,76H,5-18,22,27-29,33,36-68H2,1-4H3,(H,81,82)(H,83,84)/b23-19-,24-20-,25-21-,30-26-,32-31-,35-34-. The van der Waals surface area contributed by atoms with Gasteiger partial charge in [0.2, 0.25) is 0 Å². The van der Waals surface area contributed by atoms with Gasteiger partial charge in [0, 0.05) is 25.7 Å². The maximum atomic E-state index is 13.0. The summed E-state index contributed by atoms with van der Waals surface area (Å²) in [6, 6.07) is 0. The first-order chi connectivity index (χ1) is 45.7. The Labute approximate surface area is 571 Å². The Morgan fingerprint density at radius 2 is 0.532 bits per heavy atom. The van der Waals surface area contributed by atoms with Crippen molar-refractivity contribution in [3.8, 4) is 0 Å². The number of phosphoric ester groups is 2. The first-order valence-corrected chi connectivity index (χ1v) is 40.2. The molecule has 0 aromatic carbocycles. The van der Waals surface area contributed by atoms with Crippen LogP contribution in [-0.4, -0.2) is 96.7 Å². The summed E-state index contributed by atoms with van der Waals surface area (Å²) < 4.78 is 68.3. The Bertz CT molecular complexity index is 2070. The van der Waals surface area contributed by atoms with Crippen LogP contribution in [0.5, 0.6) is 0 Å². The van der Waals surface area contributed by atoms with E-state index in [4.69, 9.17) is 37.0 Å². The molecule has 19 heteroatoms. The SMILES string of the molecule is CCCC/C=C\CCCCCCCC(=O)OCC(COP(=O)(O)OCC(O)COP(=O)(O)OCC(COC(=O)CCCCCCCC/C=C\C/C=C\C/C=C\CCCCC)OC(=O)CCCCCCC/C=C\CCCCCC)OC(=O)CCCCCCC/C=C\CCCC. The summed E-state index contributed by atoms with van der Waals surface area (Å²) in [5.41, 5.74) is 0. The second kappa shape index (κ2) is 68.0.